The summed E-state index contributed by atoms with van der Waals surface area (Å²) >= 11 is 0. The van der Waals surface area contributed by atoms with E-state index in [4.69, 9.17) is 5.73 Å². The van der Waals surface area contributed by atoms with E-state index in [-0.39, 0.29) is 0 Å². The molecule has 1 heterocycles. The lowest BCUT2D eigenvalue weighted by atomic mass is 9.94. The molecule has 3 heteroatoms. The summed E-state index contributed by atoms with van der Waals surface area (Å²) in [5, 5.41) is 3.76. The second-order valence-corrected chi connectivity index (χ2v) is 6.54. The molecule has 1 aliphatic heterocycles. The van der Waals surface area contributed by atoms with E-state index in [0.717, 1.165) is 24.5 Å². The number of nitrogens with two attached hydrogens (primary N) is 1. The van der Waals surface area contributed by atoms with Crippen LogP contribution in [0.3, 0.4) is 0 Å². The molecular weight excluding hydrogens is 234 g/mol. The van der Waals surface area contributed by atoms with E-state index < -0.39 is 0 Å². The molecule has 2 aliphatic rings. The second kappa shape index (κ2) is 8.23. The zero-order valence-electron chi connectivity index (χ0n) is 12.7. The van der Waals surface area contributed by atoms with Crippen molar-refractivity contribution in [3.05, 3.63) is 0 Å². The van der Waals surface area contributed by atoms with Crippen LogP contribution in [0.15, 0.2) is 0 Å². The van der Waals surface area contributed by atoms with Gasteiger partial charge in [-0.25, -0.2) is 0 Å². The van der Waals surface area contributed by atoms with E-state index in [2.05, 4.69) is 17.1 Å². The normalized spacial score (nSPS) is 25.9. The highest BCUT2D eigenvalue weighted by molar-refractivity contribution is 4.91. The Hall–Kier alpha value is -0.120. The highest BCUT2D eigenvalue weighted by Gasteiger charge is 2.33. The first-order valence-electron chi connectivity index (χ1n) is 8.51. The SMILES string of the molecule is CCCC(CCN)CCCNC1CCN(C2CC2)C1. The van der Waals surface area contributed by atoms with Crippen LogP contribution in [0, 0.1) is 5.92 Å². The average Bonchev–Trinajstić information content (AvgIpc) is 3.15. The molecule has 1 aliphatic carbocycles. The van der Waals surface area contributed by atoms with Crippen LogP contribution < -0.4 is 11.1 Å². The summed E-state index contributed by atoms with van der Waals surface area (Å²) in [6.07, 6.45) is 10.8. The van der Waals surface area contributed by atoms with Crippen LogP contribution in [0.2, 0.25) is 0 Å². The van der Waals surface area contributed by atoms with Crippen LogP contribution in [-0.2, 0) is 0 Å². The standard InChI is InChI=1S/C16H33N3/c1-2-4-14(8-10-17)5-3-11-18-15-9-12-19(13-15)16-6-7-16/h14-16,18H,2-13,17H2,1H3. The predicted octanol–water partition coefficient (Wildman–Crippen LogP) is 2.36. The summed E-state index contributed by atoms with van der Waals surface area (Å²) in [5.74, 6) is 0.864. The Morgan fingerprint density at radius 3 is 2.74 bits per heavy atom. The van der Waals surface area contributed by atoms with Crippen molar-refractivity contribution in [2.45, 2.75) is 70.4 Å². The van der Waals surface area contributed by atoms with Gasteiger partial charge in [0, 0.05) is 25.2 Å². The van der Waals surface area contributed by atoms with Crippen molar-refractivity contribution in [2.75, 3.05) is 26.2 Å². The number of nitrogens with zero attached hydrogens (tertiary/aromatic N) is 1. The third-order valence-electron chi connectivity index (χ3n) is 4.78. The molecule has 2 fully saturated rings. The predicted molar refractivity (Wildman–Crippen MR) is 82.3 cm³/mol. The quantitative estimate of drug-likeness (QED) is 0.597. The van der Waals surface area contributed by atoms with Gasteiger partial charge in [0.25, 0.3) is 0 Å². The summed E-state index contributed by atoms with van der Waals surface area (Å²) in [4.78, 5) is 2.69. The van der Waals surface area contributed by atoms with Gasteiger partial charge >= 0.3 is 0 Å². The number of nitrogens with one attached hydrogen (secondary N) is 1. The fourth-order valence-corrected chi connectivity index (χ4v) is 3.50. The van der Waals surface area contributed by atoms with Gasteiger partial charge in [-0.3, -0.25) is 4.90 Å². The van der Waals surface area contributed by atoms with E-state index in [1.807, 2.05) is 0 Å². The van der Waals surface area contributed by atoms with Crippen molar-refractivity contribution >= 4 is 0 Å². The zero-order valence-corrected chi connectivity index (χ0v) is 12.7. The molecule has 0 amide bonds. The molecule has 2 atom stereocenters. The van der Waals surface area contributed by atoms with E-state index in [1.165, 1.54) is 71.0 Å². The van der Waals surface area contributed by atoms with Crippen LogP contribution in [0.1, 0.15) is 58.3 Å². The summed E-state index contributed by atoms with van der Waals surface area (Å²) < 4.78 is 0. The Kier molecular flexibility index (Phi) is 6.62. The summed E-state index contributed by atoms with van der Waals surface area (Å²) in [5.41, 5.74) is 5.69. The van der Waals surface area contributed by atoms with Gasteiger partial charge in [-0.2, -0.15) is 0 Å². The van der Waals surface area contributed by atoms with Crippen LogP contribution in [0.5, 0.6) is 0 Å². The first-order chi connectivity index (χ1) is 9.33. The molecule has 1 saturated carbocycles. The second-order valence-electron chi connectivity index (χ2n) is 6.54. The number of likely N-dealkylation sites (tertiary alicyclic amines) is 1. The van der Waals surface area contributed by atoms with E-state index in [1.54, 1.807) is 0 Å². The zero-order chi connectivity index (χ0) is 13.5. The highest BCUT2D eigenvalue weighted by Crippen LogP contribution is 2.29. The van der Waals surface area contributed by atoms with Gasteiger partial charge < -0.3 is 11.1 Å². The van der Waals surface area contributed by atoms with Crippen LogP contribution in [0.25, 0.3) is 0 Å². The van der Waals surface area contributed by atoms with Crippen molar-refractivity contribution < 1.29 is 0 Å². The largest absolute Gasteiger partial charge is 0.330 e. The molecule has 19 heavy (non-hydrogen) atoms. The van der Waals surface area contributed by atoms with Crippen LogP contribution in [-0.4, -0.2) is 43.2 Å². The lowest BCUT2D eigenvalue weighted by Crippen LogP contribution is -2.34. The summed E-state index contributed by atoms with van der Waals surface area (Å²) in [7, 11) is 0. The molecule has 0 radical (unpaired) electrons. The molecule has 0 aromatic carbocycles. The fraction of sp³-hybridized carbons (Fsp3) is 1.00. The number of rotatable bonds is 10. The first kappa shape index (κ1) is 15.3. The smallest absolute Gasteiger partial charge is 0.0207 e. The molecule has 1 saturated heterocycles. The number of hydrogen-bond donors (Lipinski definition) is 2. The Morgan fingerprint density at radius 2 is 2.05 bits per heavy atom. The van der Waals surface area contributed by atoms with Gasteiger partial charge in [-0.1, -0.05) is 19.8 Å². The third-order valence-corrected chi connectivity index (χ3v) is 4.78. The summed E-state index contributed by atoms with van der Waals surface area (Å²) in [6, 6.07) is 1.71. The Labute approximate surface area is 119 Å². The van der Waals surface area contributed by atoms with E-state index in [0.29, 0.717) is 0 Å². The van der Waals surface area contributed by atoms with Gasteiger partial charge in [0.1, 0.15) is 0 Å². The average molecular weight is 267 g/mol. The topological polar surface area (TPSA) is 41.3 Å². The molecular formula is C16H33N3. The van der Waals surface area contributed by atoms with Crippen molar-refractivity contribution in [3.8, 4) is 0 Å². The van der Waals surface area contributed by atoms with Crippen molar-refractivity contribution in [1.82, 2.24) is 10.2 Å². The van der Waals surface area contributed by atoms with Crippen molar-refractivity contribution in [1.29, 1.82) is 0 Å². The highest BCUT2D eigenvalue weighted by atomic mass is 15.2. The fourth-order valence-electron chi connectivity index (χ4n) is 3.50. The molecule has 0 bridgehead atoms. The minimum absolute atomic E-state index is 0.764. The van der Waals surface area contributed by atoms with Crippen LogP contribution >= 0.6 is 0 Å². The van der Waals surface area contributed by atoms with Gasteiger partial charge in [-0.15, -0.1) is 0 Å². The lowest BCUT2D eigenvalue weighted by Gasteiger charge is -2.17. The molecule has 3 nitrogen and oxygen atoms in total. The summed E-state index contributed by atoms with van der Waals surface area (Å²) in [6.45, 7) is 6.97. The Bertz CT molecular complexity index is 234. The molecule has 3 N–H and O–H groups in total. The maximum Gasteiger partial charge on any atom is 0.0207 e. The minimum atomic E-state index is 0.764. The first-order valence-corrected chi connectivity index (χ1v) is 8.51. The number of hydrogen-bond acceptors (Lipinski definition) is 3. The Balaban J connectivity index is 1.51. The molecule has 0 aromatic rings. The van der Waals surface area contributed by atoms with Crippen molar-refractivity contribution in [2.24, 2.45) is 11.7 Å². The molecule has 2 unspecified atom stereocenters. The monoisotopic (exact) mass is 267 g/mol. The lowest BCUT2D eigenvalue weighted by molar-refractivity contribution is 0.316. The van der Waals surface area contributed by atoms with E-state index in [9.17, 15) is 0 Å². The van der Waals surface area contributed by atoms with Gasteiger partial charge in [0.15, 0.2) is 0 Å². The minimum Gasteiger partial charge on any atom is -0.330 e. The molecule has 0 aromatic heterocycles. The maximum atomic E-state index is 5.69. The maximum absolute atomic E-state index is 5.69. The van der Waals surface area contributed by atoms with Crippen LogP contribution in [0.4, 0.5) is 0 Å². The molecule has 112 valence electrons. The van der Waals surface area contributed by atoms with Gasteiger partial charge in [0.05, 0.1) is 0 Å². The molecule has 0 spiro atoms. The van der Waals surface area contributed by atoms with Gasteiger partial charge in [-0.05, 0) is 57.5 Å². The van der Waals surface area contributed by atoms with E-state index >= 15 is 0 Å². The third kappa shape index (κ3) is 5.41. The van der Waals surface area contributed by atoms with Gasteiger partial charge in [0.2, 0.25) is 0 Å². The molecule has 2 rings (SSSR count). The Morgan fingerprint density at radius 1 is 1.21 bits per heavy atom. The van der Waals surface area contributed by atoms with Crippen molar-refractivity contribution in [3.63, 3.8) is 0 Å².